The summed E-state index contributed by atoms with van der Waals surface area (Å²) in [6, 6.07) is 13.5. The maximum Gasteiger partial charge on any atom is 0.385 e. The minimum Gasteiger partial charge on any atom is -0.872 e. The quantitative estimate of drug-likeness (QED) is 0.672. The van der Waals surface area contributed by atoms with Crippen LogP contribution in [0.2, 0.25) is 0 Å². The molecule has 0 aliphatic heterocycles. The molecule has 0 radical (unpaired) electrons. The molecule has 2 N–H and O–H groups in total. The molecule has 0 spiro atoms. The maximum absolute atomic E-state index is 13.0. The van der Waals surface area contributed by atoms with Gasteiger partial charge in [0.05, 0.1) is 0 Å². The van der Waals surface area contributed by atoms with Crippen molar-refractivity contribution in [2.45, 2.75) is 26.7 Å². The average molecular weight is 360 g/mol. The van der Waals surface area contributed by atoms with E-state index in [-0.39, 0.29) is 35.8 Å². The summed E-state index contributed by atoms with van der Waals surface area (Å²) in [5.41, 5.74) is 4.32. The summed E-state index contributed by atoms with van der Waals surface area (Å²) >= 11 is 0. The van der Waals surface area contributed by atoms with Gasteiger partial charge in [0.2, 0.25) is 5.39 Å². The molecule has 0 bridgehead atoms. The van der Waals surface area contributed by atoms with E-state index in [4.69, 9.17) is 0 Å². The van der Waals surface area contributed by atoms with Gasteiger partial charge < -0.3 is 15.3 Å². The van der Waals surface area contributed by atoms with Crippen LogP contribution in [-0.4, -0.2) is 10.2 Å². The highest BCUT2D eigenvalue weighted by Gasteiger charge is 2.15. The fraction of sp³-hybridized carbons (Fsp3) is 0.182. The molecule has 0 fully saturated rings. The van der Waals surface area contributed by atoms with Crippen LogP contribution >= 0.6 is 0 Å². The number of phenols is 2. The fourth-order valence-corrected chi connectivity index (χ4v) is 3.18. The van der Waals surface area contributed by atoms with Gasteiger partial charge in [-0.05, 0) is 48.2 Å². The van der Waals surface area contributed by atoms with Gasteiger partial charge in [0, 0.05) is 25.0 Å². The lowest BCUT2D eigenvalue weighted by molar-refractivity contribution is -0.270. The van der Waals surface area contributed by atoms with Gasteiger partial charge >= 0.3 is 5.69 Å². The normalized spacial score (nSPS) is 10.6. The van der Waals surface area contributed by atoms with Crippen LogP contribution in [0.5, 0.6) is 17.2 Å². The molecule has 0 unspecified atom stereocenters. The van der Waals surface area contributed by atoms with Crippen LogP contribution in [0.4, 0.5) is 5.69 Å². The zero-order valence-electron chi connectivity index (χ0n) is 15.2. The Bertz CT molecular complexity index is 977. The number of rotatable bonds is 4. The summed E-state index contributed by atoms with van der Waals surface area (Å²) in [7, 11) is 0. The Kier molecular flexibility index (Phi) is 5.00. The van der Waals surface area contributed by atoms with E-state index in [0.717, 1.165) is 11.1 Å². The van der Waals surface area contributed by atoms with Crippen molar-refractivity contribution in [3.8, 4) is 17.2 Å². The number of phenolic OH excluding ortho intramolecular Hbond substituents is 2. The third-order valence-electron chi connectivity index (χ3n) is 4.57. The van der Waals surface area contributed by atoms with Crippen LogP contribution < -0.4 is 5.11 Å². The van der Waals surface area contributed by atoms with Crippen molar-refractivity contribution in [3.63, 3.8) is 0 Å². The highest BCUT2D eigenvalue weighted by atomic mass is 16.3. The number of aromatic hydroxyl groups is 2. The van der Waals surface area contributed by atoms with Crippen molar-refractivity contribution in [2.75, 3.05) is 0 Å². The third kappa shape index (κ3) is 4.01. The van der Waals surface area contributed by atoms with Crippen molar-refractivity contribution in [2.24, 2.45) is 0 Å². The summed E-state index contributed by atoms with van der Waals surface area (Å²) in [5, 5.41) is 42.3. The van der Waals surface area contributed by atoms with Gasteiger partial charge in [-0.2, -0.15) is 0 Å². The number of nitrogens with zero attached hydrogens (tertiary/aromatic N) is 2. The smallest absolute Gasteiger partial charge is 0.385 e. The lowest BCUT2D eigenvalue weighted by Gasteiger charge is -2.19. The van der Waals surface area contributed by atoms with Crippen LogP contribution in [0, 0.1) is 19.2 Å². The summed E-state index contributed by atoms with van der Waals surface area (Å²) in [5.74, 6) is 0.0395. The zero-order chi connectivity index (χ0) is 19.6. The Morgan fingerprint density at radius 2 is 1.22 bits per heavy atom. The van der Waals surface area contributed by atoms with E-state index in [1.807, 2.05) is 26.0 Å². The lowest BCUT2D eigenvalue weighted by Crippen LogP contribution is -2.04. The predicted octanol–water partition coefficient (Wildman–Crippen LogP) is 4.45. The van der Waals surface area contributed by atoms with Crippen LogP contribution in [0.15, 0.2) is 48.5 Å². The van der Waals surface area contributed by atoms with Crippen molar-refractivity contribution in [1.29, 1.82) is 5.39 Å². The molecule has 5 nitrogen and oxygen atoms in total. The number of hydrogen-bond donors (Lipinski definition) is 2. The van der Waals surface area contributed by atoms with E-state index < -0.39 is 0 Å². The highest BCUT2D eigenvalue weighted by molar-refractivity contribution is 5.58. The zero-order valence-corrected chi connectivity index (χ0v) is 15.2. The van der Waals surface area contributed by atoms with Gasteiger partial charge in [0.25, 0.3) is 0 Å². The molecule has 5 heteroatoms. The van der Waals surface area contributed by atoms with Crippen molar-refractivity contribution in [1.82, 2.24) is 0 Å². The topological polar surface area (TPSA) is 91.7 Å². The van der Waals surface area contributed by atoms with E-state index in [2.05, 4.69) is 4.98 Å². The number of aryl methyl sites for hydroxylation is 2. The summed E-state index contributed by atoms with van der Waals surface area (Å²) in [6.45, 7) is 3.82. The van der Waals surface area contributed by atoms with E-state index in [1.165, 1.54) is 12.1 Å². The second kappa shape index (κ2) is 7.38. The van der Waals surface area contributed by atoms with Crippen LogP contribution in [0.1, 0.15) is 33.4 Å². The van der Waals surface area contributed by atoms with Gasteiger partial charge in [-0.3, -0.25) is 0 Å². The second-order valence-corrected chi connectivity index (χ2v) is 6.81. The SMILES string of the molecule is Cc1ccc(O)c(Cc2cc([N+]#N)cc(Cc3cc(C)ccc3O)c2[O-])c1. The monoisotopic (exact) mass is 360 g/mol. The molecule has 0 saturated carbocycles. The van der Waals surface area contributed by atoms with E-state index >= 15 is 0 Å². The Morgan fingerprint density at radius 3 is 1.63 bits per heavy atom. The first-order valence-electron chi connectivity index (χ1n) is 8.62. The van der Waals surface area contributed by atoms with Crippen molar-refractivity contribution in [3.05, 3.63) is 86.9 Å². The molecule has 27 heavy (non-hydrogen) atoms. The van der Waals surface area contributed by atoms with Gasteiger partial charge in [-0.25, -0.2) is 0 Å². The molecule has 0 amide bonds. The molecule has 3 aromatic rings. The molecule has 0 aromatic heterocycles. The van der Waals surface area contributed by atoms with Crippen LogP contribution in [0.3, 0.4) is 0 Å². The molecule has 136 valence electrons. The minimum atomic E-state index is -0.191. The van der Waals surface area contributed by atoms with Crippen LogP contribution in [-0.2, 0) is 12.8 Å². The van der Waals surface area contributed by atoms with Gasteiger partial charge in [-0.1, -0.05) is 35.4 Å². The number of hydrogen-bond acceptors (Lipinski definition) is 4. The molecular weight excluding hydrogens is 340 g/mol. The maximum atomic E-state index is 13.0. The molecule has 0 heterocycles. The third-order valence-corrected chi connectivity index (χ3v) is 4.57. The average Bonchev–Trinajstić information content (AvgIpc) is 2.64. The largest absolute Gasteiger partial charge is 0.872 e. The Labute approximate surface area is 157 Å². The first kappa shape index (κ1) is 18.3. The Balaban J connectivity index is 2.03. The second-order valence-electron chi connectivity index (χ2n) is 6.81. The van der Waals surface area contributed by atoms with Gasteiger partial charge in [0.15, 0.2) is 4.98 Å². The molecule has 3 rings (SSSR count). The van der Waals surface area contributed by atoms with Crippen molar-refractivity contribution >= 4 is 5.69 Å². The summed E-state index contributed by atoms with van der Waals surface area (Å²) < 4.78 is 0. The lowest BCUT2D eigenvalue weighted by atomic mass is 9.95. The van der Waals surface area contributed by atoms with E-state index in [1.54, 1.807) is 24.3 Å². The molecule has 0 aliphatic rings. The van der Waals surface area contributed by atoms with Crippen molar-refractivity contribution < 1.29 is 15.3 Å². The molecular formula is C22H20N2O3. The molecule has 3 aromatic carbocycles. The highest BCUT2D eigenvalue weighted by Crippen LogP contribution is 2.33. The van der Waals surface area contributed by atoms with Crippen LogP contribution in [0.25, 0.3) is 4.98 Å². The van der Waals surface area contributed by atoms with E-state index in [9.17, 15) is 20.7 Å². The Morgan fingerprint density at radius 1 is 0.778 bits per heavy atom. The first-order valence-corrected chi connectivity index (χ1v) is 8.62. The molecule has 0 saturated heterocycles. The van der Waals surface area contributed by atoms with Gasteiger partial charge in [0.1, 0.15) is 11.5 Å². The fourth-order valence-electron chi connectivity index (χ4n) is 3.18. The number of diazo groups is 1. The van der Waals surface area contributed by atoms with E-state index in [0.29, 0.717) is 22.3 Å². The van der Waals surface area contributed by atoms with Gasteiger partial charge in [-0.15, -0.1) is 5.75 Å². The standard InChI is InChI=1S/C22H20N2O3/c1-13-3-5-20(25)15(7-13)9-17-11-19(24-23)12-18(22(17)27)10-16-8-14(2)4-6-21(16)26/h3-8,11-12H,9-10H2,1-2H3,(H2-,25,26,27). The minimum absolute atomic E-state index is 0.115. The predicted molar refractivity (Wildman–Crippen MR) is 102 cm³/mol. The molecule has 0 aliphatic carbocycles. The Hall–Kier alpha value is -3.52. The molecule has 0 atom stereocenters. The summed E-state index contributed by atoms with van der Waals surface area (Å²) in [6.07, 6.45) is 0.449. The summed E-state index contributed by atoms with van der Waals surface area (Å²) in [4.78, 5) is 3.23. The number of benzene rings is 3. The first-order chi connectivity index (χ1) is 12.9.